The molecular weight excluding hydrogens is 324 g/mol. The highest BCUT2D eigenvalue weighted by atomic mass is 32.2. The van der Waals surface area contributed by atoms with Gasteiger partial charge in [0.25, 0.3) is 0 Å². The Balaban J connectivity index is 2.06. The zero-order chi connectivity index (χ0) is 16.8. The SMILES string of the molecule is CSCCC(NCc1ccc(-c2c(F)cccc2F)o1)C(=O)O. The Morgan fingerprint density at radius 1 is 1.30 bits per heavy atom. The van der Waals surface area contributed by atoms with Crippen LogP contribution in [0.1, 0.15) is 12.2 Å². The van der Waals surface area contributed by atoms with Crippen LogP contribution >= 0.6 is 11.8 Å². The molecule has 2 rings (SSSR count). The number of carbonyl (C=O) groups is 1. The number of furan rings is 1. The summed E-state index contributed by atoms with van der Waals surface area (Å²) in [6.45, 7) is 0.168. The van der Waals surface area contributed by atoms with Gasteiger partial charge in [0.1, 0.15) is 29.2 Å². The minimum absolute atomic E-state index is 0.0772. The van der Waals surface area contributed by atoms with E-state index in [9.17, 15) is 13.6 Å². The minimum atomic E-state index is -0.939. The van der Waals surface area contributed by atoms with Crippen LogP contribution in [0.3, 0.4) is 0 Å². The van der Waals surface area contributed by atoms with Crippen molar-refractivity contribution in [2.24, 2.45) is 0 Å². The first-order chi connectivity index (χ1) is 11.0. The first-order valence-corrected chi connectivity index (χ1v) is 8.40. The zero-order valence-corrected chi connectivity index (χ0v) is 13.3. The van der Waals surface area contributed by atoms with Gasteiger partial charge in [-0.1, -0.05) is 6.07 Å². The highest BCUT2D eigenvalue weighted by Gasteiger charge is 2.18. The number of halogens is 2. The molecule has 1 unspecified atom stereocenters. The Labute approximate surface area is 136 Å². The molecule has 1 atom stereocenters. The van der Waals surface area contributed by atoms with Gasteiger partial charge in [0.2, 0.25) is 0 Å². The monoisotopic (exact) mass is 341 g/mol. The van der Waals surface area contributed by atoms with Gasteiger partial charge in [-0.15, -0.1) is 0 Å². The molecule has 0 bridgehead atoms. The molecule has 0 amide bonds. The van der Waals surface area contributed by atoms with Crippen molar-refractivity contribution in [1.82, 2.24) is 5.32 Å². The van der Waals surface area contributed by atoms with E-state index in [0.717, 1.165) is 12.1 Å². The van der Waals surface area contributed by atoms with E-state index in [4.69, 9.17) is 9.52 Å². The molecular formula is C16H17F2NO3S. The fourth-order valence-electron chi connectivity index (χ4n) is 2.11. The second kappa shape index (κ2) is 8.12. The lowest BCUT2D eigenvalue weighted by molar-refractivity contribution is -0.139. The van der Waals surface area contributed by atoms with E-state index in [-0.39, 0.29) is 17.9 Å². The zero-order valence-electron chi connectivity index (χ0n) is 12.5. The van der Waals surface area contributed by atoms with Crippen molar-refractivity contribution in [2.75, 3.05) is 12.0 Å². The van der Waals surface area contributed by atoms with E-state index in [1.54, 1.807) is 17.8 Å². The van der Waals surface area contributed by atoms with Crippen LogP contribution in [0.4, 0.5) is 8.78 Å². The number of thioether (sulfide) groups is 1. The fraction of sp³-hybridized carbons (Fsp3) is 0.312. The highest BCUT2D eigenvalue weighted by molar-refractivity contribution is 7.98. The van der Waals surface area contributed by atoms with Crippen molar-refractivity contribution in [1.29, 1.82) is 0 Å². The van der Waals surface area contributed by atoms with E-state index in [1.807, 2.05) is 6.26 Å². The third kappa shape index (κ3) is 4.56. The second-order valence-electron chi connectivity index (χ2n) is 4.92. The highest BCUT2D eigenvalue weighted by Crippen LogP contribution is 2.27. The van der Waals surface area contributed by atoms with Gasteiger partial charge < -0.3 is 9.52 Å². The molecule has 124 valence electrons. The van der Waals surface area contributed by atoms with Crippen molar-refractivity contribution in [3.05, 3.63) is 47.7 Å². The number of carboxylic acids is 1. The van der Waals surface area contributed by atoms with E-state index in [0.29, 0.717) is 17.9 Å². The van der Waals surface area contributed by atoms with Crippen LogP contribution in [-0.4, -0.2) is 29.1 Å². The number of carboxylic acid groups (broad SMARTS) is 1. The lowest BCUT2D eigenvalue weighted by Crippen LogP contribution is -2.36. The number of aliphatic carboxylic acids is 1. The van der Waals surface area contributed by atoms with Crippen molar-refractivity contribution >= 4 is 17.7 Å². The molecule has 0 aliphatic carbocycles. The summed E-state index contributed by atoms with van der Waals surface area (Å²) in [5.41, 5.74) is -0.226. The van der Waals surface area contributed by atoms with Crippen LogP contribution in [0.15, 0.2) is 34.7 Å². The Bertz CT molecular complexity index is 655. The Morgan fingerprint density at radius 3 is 2.61 bits per heavy atom. The quantitative estimate of drug-likeness (QED) is 0.769. The van der Waals surface area contributed by atoms with Crippen LogP contribution in [0.25, 0.3) is 11.3 Å². The van der Waals surface area contributed by atoms with Crippen LogP contribution in [0, 0.1) is 11.6 Å². The van der Waals surface area contributed by atoms with E-state index in [1.165, 1.54) is 12.1 Å². The molecule has 7 heteroatoms. The molecule has 0 aliphatic rings. The van der Waals surface area contributed by atoms with Crippen molar-refractivity contribution < 1.29 is 23.1 Å². The predicted molar refractivity (Wildman–Crippen MR) is 85.3 cm³/mol. The maximum absolute atomic E-state index is 13.7. The van der Waals surface area contributed by atoms with Gasteiger partial charge in [0.15, 0.2) is 0 Å². The molecule has 1 aromatic carbocycles. The number of nitrogens with one attached hydrogen (secondary N) is 1. The average Bonchev–Trinajstić information content (AvgIpc) is 2.95. The number of benzene rings is 1. The Morgan fingerprint density at radius 2 is 2.00 bits per heavy atom. The summed E-state index contributed by atoms with van der Waals surface area (Å²) >= 11 is 1.56. The summed E-state index contributed by atoms with van der Waals surface area (Å²) in [5, 5.41) is 12.0. The summed E-state index contributed by atoms with van der Waals surface area (Å²) in [4.78, 5) is 11.1. The number of hydrogen-bond acceptors (Lipinski definition) is 4. The topological polar surface area (TPSA) is 62.5 Å². The Kier molecular flexibility index (Phi) is 6.18. The molecule has 0 spiro atoms. The maximum atomic E-state index is 13.7. The third-order valence-corrected chi connectivity index (χ3v) is 3.95. The van der Waals surface area contributed by atoms with Gasteiger partial charge in [0, 0.05) is 0 Å². The summed E-state index contributed by atoms with van der Waals surface area (Å²) in [6, 6.07) is 5.94. The predicted octanol–water partition coefficient (Wildman–Crippen LogP) is 3.52. The lowest BCUT2D eigenvalue weighted by atomic mass is 10.1. The minimum Gasteiger partial charge on any atom is -0.480 e. The molecule has 2 N–H and O–H groups in total. The maximum Gasteiger partial charge on any atom is 0.320 e. The molecule has 2 aromatic rings. The van der Waals surface area contributed by atoms with Crippen LogP contribution in [-0.2, 0) is 11.3 Å². The fourth-order valence-corrected chi connectivity index (χ4v) is 2.58. The number of hydrogen-bond donors (Lipinski definition) is 2. The molecule has 0 aliphatic heterocycles. The van der Waals surface area contributed by atoms with Crippen molar-refractivity contribution in [3.8, 4) is 11.3 Å². The molecule has 1 aromatic heterocycles. The lowest BCUT2D eigenvalue weighted by Gasteiger charge is -2.12. The molecule has 0 radical (unpaired) electrons. The largest absolute Gasteiger partial charge is 0.480 e. The third-order valence-electron chi connectivity index (χ3n) is 3.30. The molecule has 1 heterocycles. The van der Waals surface area contributed by atoms with Crippen molar-refractivity contribution in [3.63, 3.8) is 0 Å². The van der Waals surface area contributed by atoms with Crippen LogP contribution < -0.4 is 5.32 Å². The average molecular weight is 341 g/mol. The van der Waals surface area contributed by atoms with Gasteiger partial charge in [-0.05, 0) is 42.7 Å². The van der Waals surface area contributed by atoms with Gasteiger partial charge in [-0.3, -0.25) is 10.1 Å². The first kappa shape index (κ1) is 17.5. The second-order valence-corrected chi connectivity index (χ2v) is 5.90. The van der Waals surface area contributed by atoms with Crippen LogP contribution in [0.5, 0.6) is 0 Å². The van der Waals surface area contributed by atoms with E-state index >= 15 is 0 Å². The first-order valence-electron chi connectivity index (χ1n) is 7.01. The molecule has 23 heavy (non-hydrogen) atoms. The van der Waals surface area contributed by atoms with Gasteiger partial charge in [0.05, 0.1) is 12.1 Å². The van der Waals surface area contributed by atoms with Gasteiger partial charge >= 0.3 is 5.97 Å². The standard InChI is InChI=1S/C16H17F2NO3S/c1-23-8-7-13(16(20)21)19-9-10-5-6-14(22-10)15-11(17)3-2-4-12(15)18/h2-6,13,19H,7-9H2,1H3,(H,20,21). The van der Waals surface area contributed by atoms with Crippen molar-refractivity contribution in [2.45, 2.75) is 19.0 Å². The van der Waals surface area contributed by atoms with Gasteiger partial charge in [-0.2, -0.15) is 11.8 Å². The summed E-state index contributed by atoms with van der Waals surface area (Å²) < 4.78 is 32.8. The molecule has 0 fully saturated rings. The summed E-state index contributed by atoms with van der Waals surface area (Å²) in [6.07, 6.45) is 2.38. The van der Waals surface area contributed by atoms with Gasteiger partial charge in [-0.25, -0.2) is 8.78 Å². The summed E-state index contributed by atoms with van der Waals surface area (Å²) in [7, 11) is 0. The molecule has 0 saturated heterocycles. The smallest absolute Gasteiger partial charge is 0.320 e. The summed E-state index contributed by atoms with van der Waals surface area (Å²) in [5.74, 6) is -1.14. The molecule has 0 saturated carbocycles. The molecule has 4 nitrogen and oxygen atoms in total. The van der Waals surface area contributed by atoms with Crippen LogP contribution in [0.2, 0.25) is 0 Å². The van der Waals surface area contributed by atoms with E-state index in [2.05, 4.69) is 5.32 Å². The number of rotatable bonds is 8. The van der Waals surface area contributed by atoms with E-state index < -0.39 is 23.6 Å². The normalized spacial score (nSPS) is 12.3. The Hall–Kier alpha value is -1.86.